The smallest absolute Gasteiger partial charge is 0.252 e. The van der Waals surface area contributed by atoms with E-state index in [4.69, 9.17) is 16.3 Å². The van der Waals surface area contributed by atoms with E-state index in [-0.39, 0.29) is 0 Å². The predicted octanol–water partition coefficient (Wildman–Crippen LogP) is 5.18. The fourth-order valence-corrected chi connectivity index (χ4v) is 2.24. The molecule has 2 nitrogen and oxygen atoms in total. The molecule has 0 aromatic heterocycles. The Hall–Kier alpha value is -0.540. The second-order valence-electron chi connectivity index (χ2n) is 4.18. The molecule has 1 aromatic rings. The number of hydrogen-bond donors (Lipinski definition) is 0. The molecule has 18 heavy (non-hydrogen) atoms. The molecule has 0 radical (unpaired) electrons. The van der Waals surface area contributed by atoms with Gasteiger partial charge in [0.1, 0.15) is 5.75 Å². The van der Waals surface area contributed by atoms with Crippen LogP contribution in [0.15, 0.2) is 22.7 Å². The summed E-state index contributed by atoms with van der Waals surface area (Å²) in [6.07, 6.45) is 6.06. The summed E-state index contributed by atoms with van der Waals surface area (Å²) in [7, 11) is 0. The molecule has 0 aliphatic carbocycles. The summed E-state index contributed by atoms with van der Waals surface area (Å²) in [6, 6.07) is 5.12. The topological polar surface area (TPSA) is 26.3 Å². The van der Waals surface area contributed by atoms with Crippen LogP contribution in [0.5, 0.6) is 5.75 Å². The van der Waals surface area contributed by atoms with Crippen LogP contribution in [0.3, 0.4) is 0 Å². The van der Waals surface area contributed by atoms with Gasteiger partial charge in [-0.15, -0.1) is 0 Å². The van der Waals surface area contributed by atoms with Gasteiger partial charge in [-0.2, -0.15) is 0 Å². The van der Waals surface area contributed by atoms with Crippen LogP contribution in [-0.2, 0) is 0 Å². The first-order valence-electron chi connectivity index (χ1n) is 6.27. The number of hydrogen-bond acceptors (Lipinski definition) is 2. The summed E-state index contributed by atoms with van der Waals surface area (Å²) in [5.74, 6) is 0.757. The zero-order valence-corrected chi connectivity index (χ0v) is 12.9. The molecule has 0 saturated heterocycles. The standard InChI is InChI=1S/C14H18BrClO2/c1-2-3-4-5-6-9-18-13-8-7-11(14(16)17)10-12(13)15/h7-8,10H,2-6,9H2,1H3. The Bertz CT molecular complexity index is 393. The van der Waals surface area contributed by atoms with E-state index in [1.165, 1.54) is 25.7 Å². The molecule has 4 heteroatoms. The lowest BCUT2D eigenvalue weighted by atomic mass is 10.2. The highest BCUT2D eigenvalue weighted by atomic mass is 79.9. The van der Waals surface area contributed by atoms with Crippen molar-refractivity contribution < 1.29 is 9.53 Å². The van der Waals surface area contributed by atoms with E-state index in [0.717, 1.165) is 16.6 Å². The van der Waals surface area contributed by atoms with Crippen molar-refractivity contribution >= 4 is 32.8 Å². The Labute approximate surface area is 122 Å². The lowest BCUT2D eigenvalue weighted by Crippen LogP contribution is -1.99. The van der Waals surface area contributed by atoms with Gasteiger partial charge in [0.25, 0.3) is 5.24 Å². The molecule has 0 bridgehead atoms. The first-order chi connectivity index (χ1) is 8.65. The minimum atomic E-state index is -0.457. The molecule has 0 amide bonds. The van der Waals surface area contributed by atoms with Crippen LogP contribution in [0.1, 0.15) is 49.4 Å². The summed E-state index contributed by atoms with van der Waals surface area (Å²) in [4.78, 5) is 11.0. The van der Waals surface area contributed by atoms with Crippen LogP contribution in [0.25, 0.3) is 0 Å². The largest absolute Gasteiger partial charge is 0.492 e. The Kier molecular flexibility index (Phi) is 7.36. The summed E-state index contributed by atoms with van der Waals surface area (Å²) >= 11 is 8.78. The zero-order chi connectivity index (χ0) is 13.4. The van der Waals surface area contributed by atoms with Gasteiger partial charge in [0.05, 0.1) is 11.1 Å². The van der Waals surface area contributed by atoms with Gasteiger partial charge < -0.3 is 4.74 Å². The van der Waals surface area contributed by atoms with Crippen molar-refractivity contribution in [3.8, 4) is 5.75 Å². The third kappa shape index (κ3) is 5.40. The number of carbonyl (C=O) groups excluding carboxylic acids is 1. The SMILES string of the molecule is CCCCCCCOc1ccc(C(=O)Cl)cc1Br. The van der Waals surface area contributed by atoms with E-state index < -0.39 is 5.24 Å². The highest BCUT2D eigenvalue weighted by Crippen LogP contribution is 2.26. The molecule has 0 aliphatic heterocycles. The van der Waals surface area contributed by atoms with E-state index in [0.29, 0.717) is 12.2 Å². The molecular formula is C14H18BrClO2. The van der Waals surface area contributed by atoms with Crippen LogP contribution >= 0.6 is 27.5 Å². The average molecular weight is 334 g/mol. The van der Waals surface area contributed by atoms with Crippen molar-refractivity contribution in [1.82, 2.24) is 0 Å². The molecule has 0 fully saturated rings. The number of halogens is 2. The zero-order valence-electron chi connectivity index (χ0n) is 10.5. The number of benzene rings is 1. The number of rotatable bonds is 8. The third-order valence-electron chi connectivity index (χ3n) is 2.66. The van der Waals surface area contributed by atoms with Gasteiger partial charge in [0.15, 0.2) is 0 Å². The molecule has 0 heterocycles. The summed E-state index contributed by atoms with van der Waals surface area (Å²) in [5, 5.41) is -0.457. The van der Waals surface area contributed by atoms with Crippen LogP contribution in [0.4, 0.5) is 0 Å². The summed E-state index contributed by atoms with van der Waals surface area (Å²) < 4.78 is 6.42. The number of carbonyl (C=O) groups is 1. The fraction of sp³-hybridized carbons (Fsp3) is 0.500. The van der Waals surface area contributed by atoms with Gasteiger partial charge in [0.2, 0.25) is 0 Å². The second kappa shape index (κ2) is 8.54. The van der Waals surface area contributed by atoms with Crippen LogP contribution in [0.2, 0.25) is 0 Å². The molecule has 100 valence electrons. The first-order valence-corrected chi connectivity index (χ1v) is 7.44. The Balaban J connectivity index is 2.36. The van der Waals surface area contributed by atoms with E-state index in [2.05, 4.69) is 22.9 Å². The van der Waals surface area contributed by atoms with Crippen molar-refractivity contribution in [3.05, 3.63) is 28.2 Å². The molecule has 0 aliphatic rings. The van der Waals surface area contributed by atoms with Crippen molar-refractivity contribution in [2.24, 2.45) is 0 Å². The lowest BCUT2D eigenvalue weighted by Gasteiger charge is -2.08. The minimum Gasteiger partial charge on any atom is -0.492 e. The van der Waals surface area contributed by atoms with E-state index in [9.17, 15) is 4.79 Å². The van der Waals surface area contributed by atoms with Gasteiger partial charge in [-0.25, -0.2) is 0 Å². The van der Waals surface area contributed by atoms with Crippen molar-refractivity contribution in [1.29, 1.82) is 0 Å². The van der Waals surface area contributed by atoms with E-state index in [1.54, 1.807) is 18.2 Å². The van der Waals surface area contributed by atoms with Crippen LogP contribution < -0.4 is 4.74 Å². The van der Waals surface area contributed by atoms with Crippen LogP contribution in [0, 0.1) is 0 Å². The van der Waals surface area contributed by atoms with E-state index in [1.807, 2.05) is 0 Å². The Morgan fingerprint density at radius 1 is 1.28 bits per heavy atom. The van der Waals surface area contributed by atoms with Gasteiger partial charge in [-0.05, 0) is 52.2 Å². The Morgan fingerprint density at radius 3 is 2.61 bits per heavy atom. The maximum absolute atomic E-state index is 11.0. The highest BCUT2D eigenvalue weighted by Gasteiger charge is 2.06. The first kappa shape index (κ1) is 15.5. The molecule has 0 N–H and O–H groups in total. The van der Waals surface area contributed by atoms with E-state index >= 15 is 0 Å². The summed E-state index contributed by atoms with van der Waals surface area (Å²) in [6.45, 7) is 2.91. The lowest BCUT2D eigenvalue weighted by molar-refractivity contribution is 0.108. The normalized spacial score (nSPS) is 10.4. The average Bonchev–Trinajstić information content (AvgIpc) is 2.35. The maximum Gasteiger partial charge on any atom is 0.252 e. The third-order valence-corrected chi connectivity index (χ3v) is 3.50. The van der Waals surface area contributed by atoms with Crippen molar-refractivity contribution in [2.75, 3.05) is 6.61 Å². The van der Waals surface area contributed by atoms with Gasteiger partial charge in [-0.3, -0.25) is 4.79 Å². The molecule has 1 aromatic carbocycles. The van der Waals surface area contributed by atoms with Crippen molar-refractivity contribution in [3.63, 3.8) is 0 Å². The number of ether oxygens (including phenoxy) is 1. The monoisotopic (exact) mass is 332 g/mol. The Morgan fingerprint density at radius 2 is 2.00 bits per heavy atom. The quantitative estimate of drug-likeness (QED) is 0.484. The molecular weight excluding hydrogens is 316 g/mol. The highest BCUT2D eigenvalue weighted by molar-refractivity contribution is 9.10. The molecule has 0 atom stereocenters. The van der Waals surface area contributed by atoms with Crippen LogP contribution in [-0.4, -0.2) is 11.8 Å². The minimum absolute atomic E-state index is 0.457. The second-order valence-corrected chi connectivity index (χ2v) is 5.38. The molecule has 0 saturated carbocycles. The maximum atomic E-state index is 11.0. The predicted molar refractivity (Wildman–Crippen MR) is 78.6 cm³/mol. The fourth-order valence-electron chi connectivity index (χ4n) is 1.63. The summed E-state index contributed by atoms with van der Waals surface area (Å²) in [5.41, 5.74) is 0.471. The molecule has 0 spiro atoms. The molecule has 1 rings (SSSR count). The molecule has 0 unspecified atom stereocenters. The van der Waals surface area contributed by atoms with Gasteiger partial charge >= 0.3 is 0 Å². The van der Waals surface area contributed by atoms with Crippen molar-refractivity contribution in [2.45, 2.75) is 39.0 Å². The number of unbranched alkanes of at least 4 members (excludes halogenated alkanes) is 4. The van der Waals surface area contributed by atoms with Gasteiger partial charge in [-0.1, -0.05) is 32.6 Å². The van der Waals surface area contributed by atoms with Gasteiger partial charge in [0, 0.05) is 5.56 Å².